The molecular weight excluding hydrogens is 493 g/mol. The highest BCUT2D eigenvalue weighted by Gasteiger charge is 2.32. The Balaban J connectivity index is 1.48. The second-order valence-corrected chi connectivity index (χ2v) is 7.72. The molecule has 0 saturated heterocycles. The van der Waals surface area contributed by atoms with Crippen molar-refractivity contribution >= 4 is 34.7 Å². The number of ether oxygens (including phenoxy) is 1. The molecular formula is C24H19F3N6O4. The zero-order chi connectivity index (χ0) is 26.6. The summed E-state index contributed by atoms with van der Waals surface area (Å²) in [7, 11) is 0. The summed E-state index contributed by atoms with van der Waals surface area (Å²) < 4.78 is 43.3. The van der Waals surface area contributed by atoms with Crippen LogP contribution in [0, 0.1) is 0 Å². The van der Waals surface area contributed by atoms with E-state index < -0.39 is 24.1 Å². The third-order valence-corrected chi connectivity index (χ3v) is 4.94. The van der Waals surface area contributed by atoms with Gasteiger partial charge in [-0.1, -0.05) is 12.1 Å². The zero-order valence-electron chi connectivity index (χ0n) is 19.2. The van der Waals surface area contributed by atoms with Crippen molar-refractivity contribution in [2.75, 3.05) is 17.2 Å². The minimum absolute atomic E-state index is 0.107. The topological polar surface area (TPSA) is 127 Å². The SMILES string of the molecule is CC(=O)CNC(=O)c1cccn2c(-c3ccc(NC(=O)Nc4ccccc4OC(F)(F)F)cc3)nnc12. The van der Waals surface area contributed by atoms with E-state index in [-0.39, 0.29) is 23.6 Å². The largest absolute Gasteiger partial charge is 0.573 e. The molecule has 0 atom stereocenters. The summed E-state index contributed by atoms with van der Waals surface area (Å²) in [5, 5.41) is 15.6. The first kappa shape index (κ1) is 25.2. The Hall–Kier alpha value is -4.94. The molecule has 10 nitrogen and oxygen atoms in total. The molecule has 0 aliphatic rings. The normalized spacial score (nSPS) is 11.1. The second kappa shape index (κ2) is 10.4. The van der Waals surface area contributed by atoms with Crippen molar-refractivity contribution in [1.29, 1.82) is 0 Å². The highest BCUT2D eigenvalue weighted by Crippen LogP contribution is 2.30. The number of urea groups is 1. The molecule has 2 aromatic heterocycles. The van der Waals surface area contributed by atoms with Crippen LogP contribution in [-0.4, -0.2) is 45.2 Å². The maximum atomic E-state index is 12.6. The summed E-state index contributed by atoms with van der Waals surface area (Å²) in [6.07, 6.45) is -3.23. The number of pyridine rings is 1. The van der Waals surface area contributed by atoms with Crippen molar-refractivity contribution in [2.45, 2.75) is 13.3 Å². The summed E-state index contributed by atoms with van der Waals surface area (Å²) in [4.78, 5) is 35.9. The van der Waals surface area contributed by atoms with Crippen molar-refractivity contribution in [3.63, 3.8) is 0 Å². The molecule has 4 rings (SSSR count). The van der Waals surface area contributed by atoms with E-state index >= 15 is 0 Å². The van der Waals surface area contributed by atoms with Gasteiger partial charge in [-0.3, -0.25) is 14.0 Å². The van der Waals surface area contributed by atoms with Crippen LogP contribution < -0.4 is 20.7 Å². The van der Waals surface area contributed by atoms with Crippen LogP contribution in [0.25, 0.3) is 17.0 Å². The summed E-state index contributed by atoms with van der Waals surface area (Å²) in [6.45, 7) is 1.25. The van der Waals surface area contributed by atoms with Gasteiger partial charge >= 0.3 is 12.4 Å². The Morgan fingerprint density at radius 2 is 1.68 bits per heavy atom. The summed E-state index contributed by atoms with van der Waals surface area (Å²) in [5.74, 6) is -0.782. The van der Waals surface area contributed by atoms with Crippen LogP contribution >= 0.6 is 0 Å². The van der Waals surface area contributed by atoms with Crippen molar-refractivity contribution < 1.29 is 32.3 Å². The molecule has 0 radical (unpaired) electrons. The number of alkyl halides is 3. The third-order valence-electron chi connectivity index (χ3n) is 4.94. The number of halogens is 3. The number of para-hydroxylation sites is 2. The number of anilines is 2. The van der Waals surface area contributed by atoms with Gasteiger partial charge in [-0.05, 0) is 55.5 Å². The third kappa shape index (κ3) is 6.20. The van der Waals surface area contributed by atoms with Crippen LogP contribution in [0.3, 0.4) is 0 Å². The van der Waals surface area contributed by atoms with E-state index in [1.54, 1.807) is 47.0 Å². The molecule has 3 N–H and O–H groups in total. The fourth-order valence-corrected chi connectivity index (χ4v) is 3.36. The average molecular weight is 512 g/mol. The van der Waals surface area contributed by atoms with E-state index in [4.69, 9.17) is 0 Å². The predicted molar refractivity (Wildman–Crippen MR) is 127 cm³/mol. The fraction of sp³-hybridized carbons (Fsp3) is 0.125. The van der Waals surface area contributed by atoms with E-state index in [9.17, 15) is 27.6 Å². The zero-order valence-corrected chi connectivity index (χ0v) is 19.2. The number of carbonyl (C=O) groups is 3. The standard InChI is InChI=1S/C24H19F3N6O4/c1-14(34)13-28-22(35)17-5-4-12-33-20(31-32-21(17)33)15-8-10-16(11-9-15)29-23(36)30-18-6-2-3-7-19(18)37-24(25,26)27/h2-12H,13H2,1H3,(H,28,35)(H2,29,30,36). The van der Waals surface area contributed by atoms with Gasteiger partial charge in [0.05, 0.1) is 17.8 Å². The number of Topliss-reactive ketones (excluding diaryl/α,β-unsaturated/α-hetero) is 1. The molecule has 0 fully saturated rings. The molecule has 37 heavy (non-hydrogen) atoms. The fourth-order valence-electron chi connectivity index (χ4n) is 3.36. The monoisotopic (exact) mass is 512 g/mol. The van der Waals surface area contributed by atoms with Gasteiger partial charge in [0.15, 0.2) is 17.2 Å². The molecule has 0 bridgehead atoms. The molecule has 2 aromatic carbocycles. The lowest BCUT2D eigenvalue weighted by Gasteiger charge is -2.14. The van der Waals surface area contributed by atoms with Gasteiger partial charge in [0.25, 0.3) is 5.91 Å². The summed E-state index contributed by atoms with van der Waals surface area (Å²) in [5.41, 5.74) is 1.34. The molecule has 4 aromatic rings. The van der Waals surface area contributed by atoms with Crippen molar-refractivity contribution in [3.05, 3.63) is 72.4 Å². The first-order valence-corrected chi connectivity index (χ1v) is 10.8. The Morgan fingerprint density at radius 1 is 0.946 bits per heavy atom. The maximum Gasteiger partial charge on any atom is 0.573 e. The van der Waals surface area contributed by atoms with Crippen LogP contribution in [0.4, 0.5) is 29.3 Å². The smallest absolute Gasteiger partial charge is 0.404 e. The Kier molecular flexibility index (Phi) is 7.04. The lowest BCUT2D eigenvalue weighted by molar-refractivity contribution is -0.274. The van der Waals surface area contributed by atoms with Crippen LogP contribution in [-0.2, 0) is 4.79 Å². The molecule has 190 valence electrons. The van der Waals surface area contributed by atoms with E-state index in [1.165, 1.54) is 25.1 Å². The van der Waals surface area contributed by atoms with Gasteiger partial charge in [-0.15, -0.1) is 23.4 Å². The quantitative estimate of drug-likeness (QED) is 0.340. The number of aromatic nitrogens is 3. The molecule has 0 spiro atoms. The number of nitrogens with one attached hydrogen (secondary N) is 3. The molecule has 0 unspecified atom stereocenters. The Morgan fingerprint density at radius 3 is 2.38 bits per heavy atom. The minimum atomic E-state index is -4.91. The Labute approximate surface area is 207 Å². The van der Waals surface area contributed by atoms with Gasteiger partial charge < -0.3 is 20.7 Å². The number of ketones is 1. The molecule has 0 aliphatic heterocycles. The average Bonchev–Trinajstić information content (AvgIpc) is 3.27. The van der Waals surface area contributed by atoms with E-state index in [0.29, 0.717) is 22.7 Å². The molecule has 2 heterocycles. The molecule has 13 heteroatoms. The highest BCUT2D eigenvalue weighted by molar-refractivity contribution is 6.02. The number of benzene rings is 2. The second-order valence-electron chi connectivity index (χ2n) is 7.72. The number of carbonyl (C=O) groups excluding carboxylic acids is 3. The van der Waals surface area contributed by atoms with Crippen LogP contribution in [0.15, 0.2) is 66.9 Å². The van der Waals surface area contributed by atoms with Crippen molar-refractivity contribution in [1.82, 2.24) is 19.9 Å². The first-order chi connectivity index (χ1) is 17.6. The number of hydrogen-bond acceptors (Lipinski definition) is 6. The van der Waals surface area contributed by atoms with Gasteiger partial charge in [0.2, 0.25) is 0 Å². The summed E-state index contributed by atoms with van der Waals surface area (Å²) in [6, 6.07) is 14.0. The number of hydrogen-bond donors (Lipinski definition) is 3. The highest BCUT2D eigenvalue weighted by atomic mass is 19.4. The number of amides is 3. The minimum Gasteiger partial charge on any atom is -0.404 e. The lowest BCUT2D eigenvalue weighted by atomic mass is 10.2. The van der Waals surface area contributed by atoms with Crippen molar-refractivity contribution in [2.24, 2.45) is 0 Å². The van der Waals surface area contributed by atoms with Crippen molar-refractivity contribution in [3.8, 4) is 17.1 Å². The number of nitrogens with zero attached hydrogens (tertiary/aromatic N) is 3. The predicted octanol–water partition coefficient (Wildman–Crippen LogP) is 4.26. The molecule has 0 saturated carbocycles. The number of rotatable bonds is 7. The lowest BCUT2D eigenvalue weighted by Crippen LogP contribution is -2.28. The van der Waals surface area contributed by atoms with Crippen LogP contribution in [0.1, 0.15) is 17.3 Å². The maximum absolute atomic E-state index is 12.6. The van der Waals surface area contributed by atoms with E-state index in [2.05, 4.69) is 30.9 Å². The Bertz CT molecular complexity index is 1470. The van der Waals surface area contributed by atoms with Gasteiger partial charge in [0, 0.05) is 17.4 Å². The molecule has 0 aliphatic carbocycles. The first-order valence-electron chi connectivity index (χ1n) is 10.8. The van der Waals surface area contributed by atoms with E-state index in [0.717, 1.165) is 6.07 Å². The van der Waals surface area contributed by atoms with Gasteiger partial charge in [0.1, 0.15) is 5.78 Å². The van der Waals surface area contributed by atoms with Crippen LogP contribution in [0.5, 0.6) is 5.75 Å². The van der Waals surface area contributed by atoms with E-state index in [1.807, 2.05) is 0 Å². The number of fused-ring (bicyclic) bond motifs is 1. The van der Waals surface area contributed by atoms with Gasteiger partial charge in [-0.2, -0.15) is 0 Å². The molecule has 3 amide bonds. The summed E-state index contributed by atoms with van der Waals surface area (Å²) >= 11 is 0. The van der Waals surface area contributed by atoms with Crippen LogP contribution in [0.2, 0.25) is 0 Å². The van der Waals surface area contributed by atoms with Gasteiger partial charge in [-0.25, -0.2) is 4.79 Å².